The molecule has 0 amide bonds. The van der Waals surface area contributed by atoms with Gasteiger partial charge in [0.05, 0.1) is 14.2 Å². The van der Waals surface area contributed by atoms with Gasteiger partial charge in [0.1, 0.15) is 17.3 Å². The van der Waals surface area contributed by atoms with Crippen LogP contribution in [0.5, 0.6) is 11.5 Å². The maximum Gasteiger partial charge on any atom is 0.191 e. The van der Waals surface area contributed by atoms with Crippen LogP contribution in [-0.2, 0) is 13.0 Å². The van der Waals surface area contributed by atoms with Crippen molar-refractivity contribution in [2.24, 2.45) is 4.99 Å². The highest BCUT2D eigenvalue weighted by Crippen LogP contribution is 2.24. The van der Waals surface area contributed by atoms with Gasteiger partial charge in [-0.25, -0.2) is 4.39 Å². The van der Waals surface area contributed by atoms with E-state index in [2.05, 4.69) is 15.6 Å². The third-order valence-corrected chi connectivity index (χ3v) is 4.09. The van der Waals surface area contributed by atoms with Crippen molar-refractivity contribution in [3.8, 4) is 11.5 Å². The number of nitrogens with zero attached hydrogens (tertiary/aromatic N) is 1. The third-order valence-electron chi connectivity index (χ3n) is 4.09. The first kappa shape index (κ1) is 23.0. The standard InChI is InChI=1S/C20H26FN3O2.HI/c1-14-5-6-15(11-18(14)21)13-24-20(22-2)23-10-9-16-12-17(25-3)7-8-19(16)26-4;/h5-8,11-12H,9-10,13H2,1-4H3,(H2,22,23,24);1H. The molecule has 5 nitrogen and oxygen atoms in total. The SMILES string of the molecule is CN=C(NCCc1cc(OC)ccc1OC)NCc1ccc(C)c(F)c1.I. The Bertz CT molecular complexity index is 769. The van der Waals surface area contributed by atoms with Gasteiger partial charge in [0.25, 0.3) is 0 Å². The van der Waals surface area contributed by atoms with Crippen LogP contribution in [0.1, 0.15) is 16.7 Å². The highest BCUT2D eigenvalue weighted by molar-refractivity contribution is 14.0. The summed E-state index contributed by atoms with van der Waals surface area (Å²) >= 11 is 0. The van der Waals surface area contributed by atoms with E-state index >= 15 is 0 Å². The molecule has 2 rings (SSSR count). The van der Waals surface area contributed by atoms with Gasteiger partial charge in [0.15, 0.2) is 5.96 Å². The zero-order valence-corrected chi connectivity index (χ0v) is 18.5. The number of nitrogens with one attached hydrogen (secondary N) is 2. The van der Waals surface area contributed by atoms with Crippen LogP contribution >= 0.6 is 24.0 Å². The molecule has 0 bridgehead atoms. The number of rotatable bonds is 7. The third kappa shape index (κ3) is 6.89. The van der Waals surface area contributed by atoms with E-state index in [1.807, 2.05) is 24.3 Å². The van der Waals surface area contributed by atoms with Crippen LogP contribution in [0.4, 0.5) is 4.39 Å². The fourth-order valence-corrected chi connectivity index (χ4v) is 2.55. The summed E-state index contributed by atoms with van der Waals surface area (Å²) in [4.78, 5) is 4.20. The number of halogens is 2. The Labute approximate surface area is 177 Å². The molecule has 0 spiro atoms. The monoisotopic (exact) mass is 487 g/mol. The van der Waals surface area contributed by atoms with E-state index in [1.54, 1.807) is 34.3 Å². The van der Waals surface area contributed by atoms with Gasteiger partial charge in [-0.05, 0) is 54.3 Å². The molecule has 27 heavy (non-hydrogen) atoms. The Morgan fingerprint density at radius 1 is 1.07 bits per heavy atom. The van der Waals surface area contributed by atoms with Gasteiger partial charge >= 0.3 is 0 Å². The number of methoxy groups -OCH3 is 2. The predicted molar refractivity (Wildman–Crippen MR) is 118 cm³/mol. The van der Waals surface area contributed by atoms with E-state index in [0.29, 0.717) is 24.6 Å². The van der Waals surface area contributed by atoms with Crippen molar-refractivity contribution in [1.82, 2.24) is 10.6 Å². The van der Waals surface area contributed by atoms with Crippen molar-refractivity contribution >= 4 is 29.9 Å². The minimum atomic E-state index is -0.197. The number of benzene rings is 2. The smallest absolute Gasteiger partial charge is 0.191 e. The summed E-state index contributed by atoms with van der Waals surface area (Å²) in [5.74, 6) is 2.08. The summed E-state index contributed by atoms with van der Waals surface area (Å²) in [7, 11) is 5.00. The summed E-state index contributed by atoms with van der Waals surface area (Å²) in [6.07, 6.45) is 0.750. The summed E-state index contributed by atoms with van der Waals surface area (Å²) in [5.41, 5.74) is 2.56. The molecule has 2 N–H and O–H groups in total. The van der Waals surface area contributed by atoms with Crippen LogP contribution in [0.25, 0.3) is 0 Å². The van der Waals surface area contributed by atoms with Gasteiger partial charge in [0.2, 0.25) is 0 Å². The number of aliphatic imine (C=N–C) groups is 1. The summed E-state index contributed by atoms with van der Waals surface area (Å²) in [6, 6.07) is 10.9. The van der Waals surface area contributed by atoms with Crippen LogP contribution in [0, 0.1) is 12.7 Å². The first-order chi connectivity index (χ1) is 12.6. The zero-order chi connectivity index (χ0) is 18.9. The number of guanidine groups is 1. The minimum absolute atomic E-state index is 0. The summed E-state index contributed by atoms with van der Waals surface area (Å²) in [6.45, 7) is 2.92. The van der Waals surface area contributed by atoms with E-state index in [1.165, 1.54) is 6.07 Å². The van der Waals surface area contributed by atoms with Gasteiger partial charge in [-0.2, -0.15) is 0 Å². The van der Waals surface area contributed by atoms with E-state index in [-0.39, 0.29) is 29.8 Å². The molecule has 2 aromatic carbocycles. The Hall–Kier alpha value is -2.03. The molecule has 2 aromatic rings. The highest BCUT2D eigenvalue weighted by atomic mass is 127. The van der Waals surface area contributed by atoms with Gasteiger partial charge in [-0.3, -0.25) is 4.99 Å². The molecule has 0 aromatic heterocycles. The summed E-state index contributed by atoms with van der Waals surface area (Å²) in [5, 5.41) is 6.44. The fourth-order valence-electron chi connectivity index (χ4n) is 2.55. The molecule has 0 unspecified atom stereocenters. The molecule has 7 heteroatoms. The van der Waals surface area contributed by atoms with Crippen molar-refractivity contribution < 1.29 is 13.9 Å². The molecule has 0 saturated heterocycles. The Kier molecular flexibility index (Phi) is 9.92. The average molecular weight is 487 g/mol. The van der Waals surface area contributed by atoms with E-state index < -0.39 is 0 Å². The second-order valence-electron chi connectivity index (χ2n) is 5.86. The average Bonchev–Trinajstić information content (AvgIpc) is 2.66. The van der Waals surface area contributed by atoms with Crippen molar-refractivity contribution in [1.29, 1.82) is 0 Å². The lowest BCUT2D eigenvalue weighted by molar-refractivity contribution is 0.398. The Balaban J connectivity index is 0.00000364. The van der Waals surface area contributed by atoms with Gasteiger partial charge < -0.3 is 20.1 Å². The summed E-state index contributed by atoms with van der Waals surface area (Å²) < 4.78 is 24.3. The molecule has 0 atom stereocenters. The van der Waals surface area contributed by atoms with E-state index in [4.69, 9.17) is 9.47 Å². The van der Waals surface area contributed by atoms with E-state index in [0.717, 1.165) is 29.0 Å². The van der Waals surface area contributed by atoms with Crippen LogP contribution < -0.4 is 20.1 Å². The molecular formula is C20H27FIN3O2. The predicted octanol–water partition coefficient (Wildman–Crippen LogP) is 3.68. The number of ether oxygens (including phenoxy) is 2. The molecule has 148 valence electrons. The van der Waals surface area contributed by atoms with Crippen molar-refractivity contribution in [3.63, 3.8) is 0 Å². The minimum Gasteiger partial charge on any atom is -0.497 e. The molecular weight excluding hydrogens is 460 g/mol. The number of hydrogen-bond donors (Lipinski definition) is 2. The topological polar surface area (TPSA) is 54.9 Å². The lowest BCUT2D eigenvalue weighted by Crippen LogP contribution is -2.37. The van der Waals surface area contributed by atoms with E-state index in [9.17, 15) is 4.39 Å². The molecule has 0 aliphatic carbocycles. The second-order valence-corrected chi connectivity index (χ2v) is 5.86. The highest BCUT2D eigenvalue weighted by Gasteiger charge is 2.06. The molecule has 0 aliphatic heterocycles. The van der Waals surface area contributed by atoms with Crippen LogP contribution in [0.15, 0.2) is 41.4 Å². The normalized spacial score (nSPS) is 10.8. The molecule has 0 fully saturated rings. The Morgan fingerprint density at radius 2 is 1.85 bits per heavy atom. The quantitative estimate of drug-likeness (QED) is 0.356. The second kappa shape index (κ2) is 11.6. The van der Waals surface area contributed by atoms with Crippen molar-refractivity contribution in [2.45, 2.75) is 19.9 Å². The Morgan fingerprint density at radius 3 is 2.48 bits per heavy atom. The van der Waals surface area contributed by atoms with Crippen LogP contribution in [0.2, 0.25) is 0 Å². The van der Waals surface area contributed by atoms with Crippen molar-refractivity contribution in [2.75, 3.05) is 27.8 Å². The van der Waals surface area contributed by atoms with Gasteiger partial charge in [-0.1, -0.05) is 12.1 Å². The van der Waals surface area contributed by atoms with Crippen LogP contribution in [-0.4, -0.2) is 33.8 Å². The zero-order valence-electron chi connectivity index (χ0n) is 16.1. The molecule has 0 saturated carbocycles. The van der Waals surface area contributed by atoms with Gasteiger partial charge in [-0.15, -0.1) is 24.0 Å². The fraction of sp³-hybridized carbons (Fsp3) is 0.350. The number of hydrogen-bond acceptors (Lipinski definition) is 3. The molecule has 0 heterocycles. The first-order valence-electron chi connectivity index (χ1n) is 8.47. The maximum atomic E-state index is 13.6. The van der Waals surface area contributed by atoms with Gasteiger partial charge in [0, 0.05) is 20.1 Å². The lowest BCUT2D eigenvalue weighted by atomic mass is 10.1. The lowest BCUT2D eigenvalue weighted by Gasteiger charge is -2.14. The largest absolute Gasteiger partial charge is 0.497 e. The molecule has 0 aliphatic rings. The van der Waals surface area contributed by atoms with Crippen LogP contribution in [0.3, 0.4) is 0 Å². The maximum absolute atomic E-state index is 13.6. The molecule has 0 radical (unpaired) electrons. The van der Waals surface area contributed by atoms with Crippen molar-refractivity contribution in [3.05, 3.63) is 58.9 Å². The first-order valence-corrected chi connectivity index (χ1v) is 8.47. The number of aryl methyl sites for hydroxylation is 1.